The van der Waals surface area contributed by atoms with Gasteiger partial charge in [-0.25, -0.2) is 0 Å². The van der Waals surface area contributed by atoms with Crippen molar-refractivity contribution in [1.29, 1.82) is 0 Å². The molecule has 1 N–H and O–H groups in total. The van der Waals surface area contributed by atoms with Crippen LogP contribution in [0.2, 0.25) is 0 Å². The highest BCUT2D eigenvalue weighted by Gasteiger charge is 2.33. The number of carbonyl (C=O) groups is 1. The van der Waals surface area contributed by atoms with Gasteiger partial charge in [-0.05, 0) is 32.3 Å². The minimum absolute atomic E-state index is 0.173. The second-order valence-corrected chi connectivity index (χ2v) is 7.33. The van der Waals surface area contributed by atoms with Gasteiger partial charge in [-0.3, -0.25) is 9.69 Å². The van der Waals surface area contributed by atoms with E-state index in [1.54, 1.807) is 12.0 Å². The van der Waals surface area contributed by atoms with Gasteiger partial charge in [-0.2, -0.15) is 0 Å². The maximum Gasteiger partial charge on any atom is 0.222 e. The van der Waals surface area contributed by atoms with Crippen LogP contribution in [0.5, 0.6) is 5.75 Å². The van der Waals surface area contributed by atoms with Crippen LogP contribution in [0.1, 0.15) is 50.6 Å². The van der Waals surface area contributed by atoms with E-state index in [0.29, 0.717) is 25.6 Å². The van der Waals surface area contributed by atoms with Crippen molar-refractivity contribution in [3.05, 3.63) is 29.8 Å². The van der Waals surface area contributed by atoms with Gasteiger partial charge in [0.15, 0.2) is 0 Å². The van der Waals surface area contributed by atoms with Crippen LogP contribution in [-0.4, -0.2) is 59.7 Å². The molecule has 2 saturated heterocycles. The Hall–Kier alpha value is -1.59. The highest BCUT2D eigenvalue weighted by molar-refractivity contribution is 5.78. The van der Waals surface area contributed by atoms with E-state index in [0.717, 1.165) is 31.6 Å². The Morgan fingerprint density at radius 2 is 2.04 bits per heavy atom. The third kappa shape index (κ3) is 4.15. The molecule has 0 aliphatic carbocycles. The molecule has 1 aromatic carbocycles. The fourth-order valence-electron chi connectivity index (χ4n) is 4.28. The summed E-state index contributed by atoms with van der Waals surface area (Å²) in [7, 11) is 1.71. The SMILES string of the molecule is COc1ccccc1[C@H]1CCC[C@@H](C)N1CC(O)CN1CCCC1=O. The van der Waals surface area contributed by atoms with Crippen molar-refractivity contribution in [1.82, 2.24) is 9.80 Å². The molecule has 25 heavy (non-hydrogen) atoms. The molecule has 0 radical (unpaired) electrons. The van der Waals surface area contributed by atoms with Crippen molar-refractivity contribution in [2.75, 3.05) is 26.7 Å². The highest BCUT2D eigenvalue weighted by Crippen LogP contribution is 2.38. The molecule has 2 heterocycles. The average Bonchev–Trinajstić information content (AvgIpc) is 3.01. The number of aliphatic hydroxyl groups excluding tert-OH is 1. The molecule has 2 aliphatic heterocycles. The summed E-state index contributed by atoms with van der Waals surface area (Å²) in [4.78, 5) is 16.0. The van der Waals surface area contributed by atoms with E-state index in [1.165, 1.54) is 12.0 Å². The van der Waals surface area contributed by atoms with Gasteiger partial charge in [0.25, 0.3) is 0 Å². The lowest BCUT2D eigenvalue weighted by Gasteiger charge is -2.42. The maximum atomic E-state index is 11.8. The fraction of sp³-hybridized carbons (Fsp3) is 0.650. The standard InChI is InChI=1S/C20H30N2O3/c1-15-7-5-9-18(17-8-3-4-10-19(17)25-2)22(15)14-16(23)13-21-12-6-11-20(21)24/h3-4,8,10,15-16,18,23H,5-7,9,11-14H2,1-2H3/t15-,16?,18-/m1/s1. The number of rotatable bonds is 6. The maximum absolute atomic E-state index is 11.8. The molecule has 1 aromatic rings. The zero-order valence-electron chi connectivity index (χ0n) is 15.4. The van der Waals surface area contributed by atoms with Crippen LogP contribution in [0.3, 0.4) is 0 Å². The van der Waals surface area contributed by atoms with E-state index < -0.39 is 6.10 Å². The van der Waals surface area contributed by atoms with Crippen molar-refractivity contribution in [2.45, 2.75) is 57.2 Å². The Balaban J connectivity index is 1.72. The number of para-hydroxylation sites is 1. The number of methoxy groups -OCH3 is 1. The van der Waals surface area contributed by atoms with Crippen LogP contribution in [0, 0.1) is 0 Å². The van der Waals surface area contributed by atoms with Gasteiger partial charge in [-0.15, -0.1) is 0 Å². The Morgan fingerprint density at radius 3 is 2.76 bits per heavy atom. The largest absolute Gasteiger partial charge is 0.496 e. The van der Waals surface area contributed by atoms with Gasteiger partial charge in [-0.1, -0.05) is 24.6 Å². The topological polar surface area (TPSA) is 53.0 Å². The van der Waals surface area contributed by atoms with Gasteiger partial charge in [0, 0.05) is 43.7 Å². The van der Waals surface area contributed by atoms with Gasteiger partial charge < -0.3 is 14.7 Å². The zero-order valence-corrected chi connectivity index (χ0v) is 15.4. The third-order valence-electron chi connectivity index (χ3n) is 5.59. The van der Waals surface area contributed by atoms with Crippen LogP contribution < -0.4 is 4.74 Å². The Bertz CT molecular complexity index is 592. The summed E-state index contributed by atoms with van der Waals surface area (Å²) < 4.78 is 5.57. The average molecular weight is 346 g/mol. The molecule has 0 spiro atoms. The van der Waals surface area contributed by atoms with Crippen LogP contribution in [0.15, 0.2) is 24.3 Å². The van der Waals surface area contributed by atoms with Crippen LogP contribution in [0.25, 0.3) is 0 Å². The van der Waals surface area contributed by atoms with E-state index in [4.69, 9.17) is 4.74 Å². The Morgan fingerprint density at radius 1 is 1.24 bits per heavy atom. The smallest absolute Gasteiger partial charge is 0.222 e. The first-order valence-electron chi connectivity index (χ1n) is 9.44. The first-order chi connectivity index (χ1) is 12.1. The summed E-state index contributed by atoms with van der Waals surface area (Å²) in [6.07, 6.45) is 4.41. The number of benzene rings is 1. The van der Waals surface area contributed by atoms with Gasteiger partial charge in [0.1, 0.15) is 5.75 Å². The summed E-state index contributed by atoms with van der Waals surface area (Å²) in [5, 5.41) is 10.6. The second kappa shape index (κ2) is 8.19. The molecule has 5 heteroatoms. The molecule has 2 fully saturated rings. The minimum atomic E-state index is -0.514. The molecule has 0 saturated carbocycles. The summed E-state index contributed by atoms with van der Waals surface area (Å²) in [5.41, 5.74) is 1.20. The monoisotopic (exact) mass is 346 g/mol. The van der Waals surface area contributed by atoms with Crippen molar-refractivity contribution in [3.8, 4) is 5.75 Å². The van der Waals surface area contributed by atoms with Crippen molar-refractivity contribution in [3.63, 3.8) is 0 Å². The van der Waals surface area contributed by atoms with E-state index in [1.807, 2.05) is 12.1 Å². The molecule has 5 nitrogen and oxygen atoms in total. The first kappa shape index (κ1) is 18.2. The summed E-state index contributed by atoms with van der Waals surface area (Å²) >= 11 is 0. The van der Waals surface area contributed by atoms with Crippen molar-refractivity contribution < 1.29 is 14.6 Å². The number of nitrogens with zero attached hydrogens (tertiary/aromatic N) is 2. The number of hydrogen-bond acceptors (Lipinski definition) is 4. The van der Waals surface area contributed by atoms with E-state index >= 15 is 0 Å². The number of hydrogen-bond donors (Lipinski definition) is 1. The zero-order chi connectivity index (χ0) is 17.8. The molecule has 138 valence electrons. The Kier molecular flexibility index (Phi) is 5.97. The number of aliphatic hydroxyl groups is 1. The lowest BCUT2D eigenvalue weighted by Crippen LogP contribution is -2.47. The predicted octanol–water partition coefficient (Wildman–Crippen LogP) is 2.59. The van der Waals surface area contributed by atoms with Gasteiger partial charge >= 0.3 is 0 Å². The van der Waals surface area contributed by atoms with Crippen LogP contribution >= 0.6 is 0 Å². The van der Waals surface area contributed by atoms with Crippen molar-refractivity contribution >= 4 is 5.91 Å². The Labute approximate surface area is 150 Å². The highest BCUT2D eigenvalue weighted by atomic mass is 16.5. The molecule has 0 aromatic heterocycles. The number of likely N-dealkylation sites (tertiary alicyclic amines) is 2. The normalized spacial score (nSPS) is 26.0. The predicted molar refractivity (Wildman–Crippen MR) is 97.6 cm³/mol. The molecule has 1 unspecified atom stereocenters. The second-order valence-electron chi connectivity index (χ2n) is 7.33. The molecule has 0 bridgehead atoms. The minimum Gasteiger partial charge on any atom is -0.496 e. The number of amides is 1. The fourth-order valence-corrected chi connectivity index (χ4v) is 4.28. The van der Waals surface area contributed by atoms with Crippen LogP contribution in [-0.2, 0) is 4.79 Å². The number of carbonyl (C=O) groups excluding carboxylic acids is 1. The van der Waals surface area contributed by atoms with E-state index in [-0.39, 0.29) is 11.9 Å². The molecule has 3 rings (SSSR count). The molecular formula is C20H30N2O3. The summed E-state index contributed by atoms with van der Waals surface area (Å²) in [5.74, 6) is 1.09. The van der Waals surface area contributed by atoms with Crippen molar-refractivity contribution in [2.24, 2.45) is 0 Å². The lowest BCUT2D eigenvalue weighted by atomic mass is 9.90. The number of piperidine rings is 1. The summed E-state index contributed by atoms with van der Waals surface area (Å²) in [6, 6.07) is 8.84. The van der Waals surface area contributed by atoms with Gasteiger partial charge in [0.05, 0.1) is 13.2 Å². The van der Waals surface area contributed by atoms with E-state index in [2.05, 4.69) is 24.0 Å². The first-order valence-corrected chi connectivity index (χ1v) is 9.44. The molecule has 3 atom stereocenters. The van der Waals surface area contributed by atoms with E-state index in [9.17, 15) is 9.90 Å². The number of ether oxygens (including phenoxy) is 1. The third-order valence-corrected chi connectivity index (χ3v) is 5.59. The summed E-state index contributed by atoms with van der Waals surface area (Å²) in [6.45, 7) is 4.05. The molecule has 1 amide bonds. The molecular weight excluding hydrogens is 316 g/mol. The lowest BCUT2D eigenvalue weighted by molar-refractivity contribution is -0.129. The quantitative estimate of drug-likeness (QED) is 0.860. The van der Waals surface area contributed by atoms with Gasteiger partial charge in [0.2, 0.25) is 5.91 Å². The number of β-amino-alcohol motifs (C(OH)–C–C–N with tert-alkyl or cyclic N) is 1. The van der Waals surface area contributed by atoms with Crippen LogP contribution in [0.4, 0.5) is 0 Å². The molecule has 2 aliphatic rings.